The molecule has 0 aromatic heterocycles. The van der Waals surface area contributed by atoms with Crippen molar-refractivity contribution in [2.24, 2.45) is 5.92 Å². The lowest BCUT2D eigenvalue weighted by molar-refractivity contribution is 0.0988. The van der Waals surface area contributed by atoms with Crippen molar-refractivity contribution >= 4 is 5.78 Å². The minimum atomic E-state index is -0.238. The van der Waals surface area contributed by atoms with E-state index >= 15 is 0 Å². The number of Topliss-reactive ketones (excluding diaryl/α,β-unsaturated/α-hetero) is 1. The van der Waals surface area contributed by atoms with Crippen LogP contribution in [0.4, 0.5) is 4.39 Å². The summed E-state index contributed by atoms with van der Waals surface area (Å²) in [5.74, 6) is 2.47. The number of ketones is 1. The van der Waals surface area contributed by atoms with Crippen LogP contribution in [0.25, 0.3) is 0 Å². The first-order valence-electron chi connectivity index (χ1n) is 11.9. The molecule has 1 fully saturated rings. The van der Waals surface area contributed by atoms with Gasteiger partial charge in [0, 0.05) is 12.0 Å². The molecule has 3 aromatic carbocycles. The van der Waals surface area contributed by atoms with Gasteiger partial charge in [-0.2, -0.15) is 0 Å². The minimum absolute atomic E-state index is 0.152. The van der Waals surface area contributed by atoms with Crippen LogP contribution >= 0.6 is 0 Å². The van der Waals surface area contributed by atoms with Crippen molar-refractivity contribution in [2.75, 3.05) is 6.61 Å². The first-order chi connectivity index (χ1) is 16.1. The van der Waals surface area contributed by atoms with Crippen molar-refractivity contribution in [3.8, 4) is 11.5 Å². The molecule has 4 rings (SSSR count). The van der Waals surface area contributed by atoms with Gasteiger partial charge in [-0.15, -0.1) is 0 Å². The van der Waals surface area contributed by atoms with Crippen molar-refractivity contribution in [1.82, 2.24) is 0 Å². The summed E-state index contributed by atoms with van der Waals surface area (Å²) >= 11 is 0. The highest BCUT2D eigenvalue weighted by molar-refractivity contribution is 5.95. The van der Waals surface area contributed by atoms with Crippen LogP contribution in [0.3, 0.4) is 0 Å². The molecule has 0 unspecified atom stereocenters. The second kappa shape index (κ2) is 11.1. The average Bonchev–Trinajstić information content (AvgIpc) is 2.87. The van der Waals surface area contributed by atoms with Gasteiger partial charge in [0.2, 0.25) is 0 Å². The van der Waals surface area contributed by atoms with E-state index in [1.165, 1.54) is 30.5 Å². The summed E-state index contributed by atoms with van der Waals surface area (Å²) in [6, 6.07) is 22.2. The maximum atomic E-state index is 13.1. The molecule has 1 saturated carbocycles. The molecule has 1 aliphatic carbocycles. The van der Waals surface area contributed by atoms with Gasteiger partial charge in [0.1, 0.15) is 23.9 Å². The Morgan fingerprint density at radius 2 is 1.48 bits per heavy atom. The number of carbonyl (C=O) groups is 1. The zero-order chi connectivity index (χ0) is 23.0. The molecule has 0 radical (unpaired) electrons. The molecule has 2 atom stereocenters. The van der Waals surface area contributed by atoms with Gasteiger partial charge >= 0.3 is 0 Å². The van der Waals surface area contributed by atoms with Crippen LogP contribution in [0, 0.1) is 11.7 Å². The van der Waals surface area contributed by atoms with Crippen molar-refractivity contribution in [3.05, 3.63) is 95.3 Å². The van der Waals surface area contributed by atoms with Gasteiger partial charge in [0.15, 0.2) is 5.78 Å². The third kappa shape index (κ3) is 6.22. The molecule has 0 heterocycles. The van der Waals surface area contributed by atoms with Crippen LogP contribution in [0.5, 0.6) is 11.5 Å². The van der Waals surface area contributed by atoms with E-state index in [1.807, 2.05) is 43.3 Å². The van der Waals surface area contributed by atoms with Crippen LogP contribution in [-0.4, -0.2) is 12.4 Å². The topological polar surface area (TPSA) is 35.5 Å². The molecule has 3 aromatic rings. The molecule has 0 amide bonds. The number of hydrogen-bond donors (Lipinski definition) is 0. The Morgan fingerprint density at radius 3 is 2.18 bits per heavy atom. The van der Waals surface area contributed by atoms with Gasteiger partial charge in [-0.25, -0.2) is 4.39 Å². The lowest BCUT2D eigenvalue weighted by Gasteiger charge is -2.32. The van der Waals surface area contributed by atoms with Crippen molar-refractivity contribution < 1.29 is 18.7 Å². The largest absolute Gasteiger partial charge is 0.493 e. The SMILES string of the molecule is CCC(=O)c1ccc(OC[C@@H]2CCCC[C@H]2c2ccc(OCc3ccc(F)cc3)cc2)cc1. The van der Waals surface area contributed by atoms with Gasteiger partial charge in [-0.05, 0) is 84.3 Å². The van der Waals surface area contributed by atoms with Crippen LogP contribution in [-0.2, 0) is 6.61 Å². The van der Waals surface area contributed by atoms with E-state index in [0.29, 0.717) is 31.5 Å². The monoisotopic (exact) mass is 446 g/mol. The molecule has 0 bridgehead atoms. The number of benzene rings is 3. The highest BCUT2D eigenvalue weighted by Gasteiger charge is 2.27. The molecule has 0 N–H and O–H groups in total. The van der Waals surface area contributed by atoms with Crippen molar-refractivity contribution in [3.63, 3.8) is 0 Å². The van der Waals surface area contributed by atoms with Crippen molar-refractivity contribution in [2.45, 2.75) is 51.6 Å². The normalized spacial score (nSPS) is 18.0. The molecule has 3 nitrogen and oxygen atoms in total. The smallest absolute Gasteiger partial charge is 0.162 e. The summed E-state index contributed by atoms with van der Waals surface area (Å²) in [6.07, 6.45) is 5.29. The molecule has 33 heavy (non-hydrogen) atoms. The maximum absolute atomic E-state index is 13.1. The van der Waals surface area contributed by atoms with Crippen LogP contribution in [0.15, 0.2) is 72.8 Å². The van der Waals surface area contributed by atoms with Crippen LogP contribution in [0.2, 0.25) is 0 Å². The Balaban J connectivity index is 1.34. The molecule has 1 aliphatic rings. The average molecular weight is 447 g/mol. The van der Waals surface area contributed by atoms with E-state index in [2.05, 4.69) is 12.1 Å². The van der Waals surface area contributed by atoms with E-state index < -0.39 is 0 Å². The van der Waals surface area contributed by atoms with Gasteiger partial charge in [-0.3, -0.25) is 4.79 Å². The highest BCUT2D eigenvalue weighted by atomic mass is 19.1. The Kier molecular flexibility index (Phi) is 7.77. The number of halogens is 1. The van der Waals surface area contributed by atoms with E-state index in [1.54, 1.807) is 12.1 Å². The standard InChI is InChI=1S/C29H31FO3/c1-2-29(31)23-11-17-27(18-12-23)33-20-24-5-3-4-6-28(24)22-9-15-26(16-10-22)32-19-21-7-13-25(30)14-8-21/h7-18,24,28H,2-6,19-20H2,1H3/t24-,28-/m0/s1. The summed E-state index contributed by atoms with van der Waals surface area (Å²) in [6.45, 7) is 2.97. The van der Waals surface area contributed by atoms with E-state index in [4.69, 9.17) is 9.47 Å². The van der Waals surface area contributed by atoms with Gasteiger partial charge in [0.25, 0.3) is 0 Å². The zero-order valence-corrected chi connectivity index (χ0v) is 19.1. The van der Waals surface area contributed by atoms with E-state index in [9.17, 15) is 9.18 Å². The zero-order valence-electron chi connectivity index (χ0n) is 19.1. The fourth-order valence-electron chi connectivity index (χ4n) is 4.55. The quantitative estimate of drug-likeness (QED) is 0.322. The lowest BCUT2D eigenvalue weighted by Crippen LogP contribution is -2.24. The summed E-state index contributed by atoms with van der Waals surface area (Å²) in [7, 11) is 0. The Morgan fingerprint density at radius 1 is 0.848 bits per heavy atom. The number of rotatable bonds is 9. The molecular formula is C29H31FO3. The van der Waals surface area contributed by atoms with Crippen molar-refractivity contribution in [1.29, 1.82) is 0 Å². The Labute approximate surface area is 195 Å². The second-order valence-corrected chi connectivity index (χ2v) is 8.75. The molecule has 0 saturated heterocycles. The number of carbonyl (C=O) groups excluding carboxylic acids is 1. The molecule has 4 heteroatoms. The number of hydrogen-bond acceptors (Lipinski definition) is 3. The Hall–Kier alpha value is -3.14. The van der Waals surface area contributed by atoms with Crippen LogP contribution < -0.4 is 9.47 Å². The Bertz CT molecular complexity index is 1030. The first kappa shape index (κ1) is 23.0. The molecule has 172 valence electrons. The predicted molar refractivity (Wildman–Crippen MR) is 128 cm³/mol. The second-order valence-electron chi connectivity index (χ2n) is 8.75. The molecule has 0 spiro atoms. The van der Waals surface area contributed by atoms with Gasteiger partial charge < -0.3 is 9.47 Å². The third-order valence-corrected chi connectivity index (χ3v) is 6.50. The minimum Gasteiger partial charge on any atom is -0.493 e. The lowest BCUT2D eigenvalue weighted by atomic mass is 9.76. The summed E-state index contributed by atoms with van der Waals surface area (Å²) in [5.41, 5.74) is 3.00. The predicted octanol–water partition coefficient (Wildman–Crippen LogP) is 7.35. The summed E-state index contributed by atoms with van der Waals surface area (Å²) in [4.78, 5) is 11.8. The summed E-state index contributed by atoms with van der Waals surface area (Å²) in [5, 5.41) is 0. The molecular weight excluding hydrogens is 415 g/mol. The van der Waals surface area contributed by atoms with E-state index in [0.717, 1.165) is 35.5 Å². The summed E-state index contributed by atoms with van der Waals surface area (Å²) < 4.78 is 25.0. The first-order valence-corrected chi connectivity index (χ1v) is 11.9. The fourth-order valence-corrected chi connectivity index (χ4v) is 4.55. The van der Waals surface area contributed by atoms with E-state index in [-0.39, 0.29) is 11.6 Å². The van der Waals surface area contributed by atoms with Crippen LogP contribution in [0.1, 0.15) is 66.4 Å². The maximum Gasteiger partial charge on any atom is 0.162 e. The highest BCUT2D eigenvalue weighted by Crippen LogP contribution is 2.38. The third-order valence-electron chi connectivity index (χ3n) is 6.50. The fraction of sp³-hybridized carbons (Fsp3) is 0.345. The van der Waals surface area contributed by atoms with Gasteiger partial charge in [-0.1, -0.05) is 44.0 Å². The molecule has 0 aliphatic heterocycles. The van der Waals surface area contributed by atoms with Gasteiger partial charge in [0.05, 0.1) is 6.61 Å². The number of ether oxygens (including phenoxy) is 2.